The van der Waals surface area contributed by atoms with Crippen LogP contribution in [-0.4, -0.2) is 23.3 Å². The average Bonchev–Trinajstić information content (AvgIpc) is 2.60. The Balaban J connectivity index is 1.85. The predicted molar refractivity (Wildman–Crippen MR) is 104 cm³/mol. The fourth-order valence-electron chi connectivity index (χ4n) is 2.56. The van der Waals surface area contributed by atoms with Crippen LogP contribution < -0.4 is 5.32 Å². The standard InChI is InChI=1S/C21H24ClNO3/c1-14-4-5-16(12-15(14)2)19(24)10-11-20(25)23-13-21(3,26)17-6-8-18(22)9-7-17/h4-9,12,26H,10-11,13H2,1-3H3,(H,23,25). The van der Waals surface area contributed by atoms with Crippen LogP contribution in [-0.2, 0) is 10.4 Å². The number of hydrogen-bond donors (Lipinski definition) is 2. The van der Waals surface area contributed by atoms with E-state index in [0.717, 1.165) is 11.1 Å². The minimum atomic E-state index is -1.21. The van der Waals surface area contributed by atoms with Crippen LogP contribution in [0, 0.1) is 13.8 Å². The van der Waals surface area contributed by atoms with Gasteiger partial charge in [0.2, 0.25) is 5.91 Å². The molecule has 2 aromatic carbocycles. The minimum Gasteiger partial charge on any atom is -0.384 e. The molecule has 0 radical (unpaired) electrons. The maximum atomic E-state index is 12.2. The van der Waals surface area contributed by atoms with Gasteiger partial charge >= 0.3 is 0 Å². The van der Waals surface area contributed by atoms with Crippen molar-refractivity contribution in [3.8, 4) is 0 Å². The number of aliphatic hydroxyl groups is 1. The number of benzene rings is 2. The van der Waals surface area contributed by atoms with Crippen molar-refractivity contribution in [3.63, 3.8) is 0 Å². The fourth-order valence-corrected chi connectivity index (χ4v) is 2.68. The highest BCUT2D eigenvalue weighted by atomic mass is 35.5. The van der Waals surface area contributed by atoms with E-state index in [4.69, 9.17) is 11.6 Å². The molecule has 0 aliphatic heterocycles. The Morgan fingerprint density at radius 1 is 1.04 bits per heavy atom. The van der Waals surface area contributed by atoms with Gasteiger partial charge in [0.05, 0.1) is 6.54 Å². The maximum absolute atomic E-state index is 12.2. The average molecular weight is 374 g/mol. The smallest absolute Gasteiger partial charge is 0.220 e. The molecule has 0 heterocycles. The number of Topliss-reactive ketones (excluding diaryl/α,β-unsaturated/α-hetero) is 1. The molecule has 0 bridgehead atoms. The summed E-state index contributed by atoms with van der Waals surface area (Å²) in [4.78, 5) is 24.3. The molecule has 138 valence electrons. The van der Waals surface area contributed by atoms with Gasteiger partial charge in [0.1, 0.15) is 5.60 Å². The molecular weight excluding hydrogens is 350 g/mol. The molecule has 1 amide bonds. The lowest BCUT2D eigenvalue weighted by molar-refractivity contribution is -0.122. The number of carbonyl (C=O) groups is 2. The molecule has 0 saturated carbocycles. The molecule has 2 aromatic rings. The van der Waals surface area contributed by atoms with Crippen LogP contribution >= 0.6 is 11.6 Å². The Hall–Kier alpha value is -2.17. The predicted octanol–water partition coefficient (Wildman–Crippen LogP) is 3.94. The summed E-state index contributed by atoms with van der Waals surface area (Å²) in [5, 5.41) is 13.8. The molecule has 1 atom stereocenters. The van der Waals surface area contributed by atoms with E-state index < -0.39 is 5.60 Å². The van der Waals surface area contributed by atoms with Crippen molar-refractivity contribution in [2.75, 3.05) is 6.54 Å². The maximum Gasteiger partial charge on any atom is 0.220 e. The first-order chi connectivity index (χ1) is 12.2. The third-order valence-corrected chi connectivity index (χ3v) is 4.76. The van der Waals surface area contributed by atoms with Gasteiger partial charge in [0.25, 0.3) is 0 Å². The summed E-state index contributed by atoms with van der Waals surface area (Å²) in [6.07, 6.45) is 0.222. The molecule has 0 aliphatic rings. The number of halogens is 1. The molecule has 0 fully saturated rings. The highest BCUT2D eigenvalue weighted by Crippen LogP contribution is 2.21. The SMILES string of the molecule is Cc1ccc(C(=O)CCC(=O)NCC(C)(O)c2ccc(Cl)cc2)cc1C. The summed E-state index contributed by atoms with van der Waals surface area (Å²) in [6, 6.07) is 12.4. The summed E-state index contributed by atoms with van der Waals surface area (Å²) in [5.41, 5.74) is 2.25. The van der Waals surface area contributed by atoms with Crippen molar-refractivity contribution in [3.05, 3.63) is 69.7 Å². The Kier molecular flexibility index (Phi) is 6.57. The zero-order valence-electron chi connectivity index (χ0n) is 15.3. The lowest BCUT2D eigenvalue weighted by atomic mass is 9.96. The third-order valence-electron chi connectivity index (χ3n) is 4.50. The van der Waals surface area contributed by atoms with E-state index in [1.807, 2.05) is 26.0 Å². The lowest BCUT2D eigenvalue weighted by Crippen LogP contribution is -2.38. The normalized spacial score (nSPS) is 13.1. The van der Waals surface area contributed by atoms with Gasteiger partial charge < -0.3 is 10.4 Å². The number of carbonyl (C=O) groups excluding carboxylic acids is 2. The zero-order valence-corrected chi connectivity index (χ0v) is 16.1. The van der Waals surface area contributed by atoms with Crippen molar-refractivity contribution in [1.29, 1.82) is 0 Å². The first kappa shape index (κ1) is 20.1. The second-order valence-corrected chi connectivity index (χ2v) is 7.22. The Morgan fingerprint density at radius 3 is 2.31 bits per heavy atom. The summed E-state index contributed by atoms with van der Waals surface area (Å²) >= 11 is 5.85. The van der Waals surface area contributed by atoms with Crippen LogP contribution in [0.4, 0.5) is 0 Å². The highest BCUT2D eigenvalue weighted by Gasteiger charge is 2.23. The molecule has 2 N–H and O–H groups in total. The monoisotopic (exact) mass is 373 g/mol. The largest absolute Gasteiger partial charge is 0.384 e. The summed E-state index contributed by atoms with van der Waals surface area (Å²) in [7, 11) is 0. The molecule has 1 unspecified atom stereocenters. The second kappa shape index (κ2) is 8.47. The van der Waals surface area contributed by atoms with Crippen molar-refractivity contribution >= 4 is 23.3 Å². The van der Waals surface area contributed by atoms with Gasteiger partial charge in [-0.05, 0) is 55.7 Å². The molecular formula is C21H24ClNO3. The summed E-state index contributed by atoms with van der Waals surface area (Å²) < 4.78 is 0. The van der Waals surface area contributed by atoms with E-state index in [2.05, 4.69) is 5.32 Å². The van der Waals surface area contributed by atoms with Crippen molar-refractivity contribution in [2.24, 2.45) is 0 Å². The molecule has 0 spiro atoms. The van der Waals surface area contributed by atoms with Gasteiger partial charge in [-0.2, -0.15) is 0 Å². The van der Waals surface area contributed by atoms with E-state index >= 15 is 0 Å². The fraction of sp³-hybridized carbons (Fsp3) is 0.333. The van der Waals surface area contributed by atoms with E-state index in [1.54, 1.807) is 37.3 Å². The molecule has 4 nitrogen and oxygen atoms in total. The quantitative estimate of drug-likeness (QED) is 0.722. The van der Waals surface area contributed by atoms with Gasteiger partial charge in [-0.15, -0.1) is 0 Å². The number of rotatable bonds is 7. The van der Waals surface area contributed by atoms with Gasteiger partial charge in [-0.1, -0.05) is 35.9 Å². The Labute approximate surface area is 159 Å². The van der Waals surface area contributed by atoms with Gasteiger partial charge in [0, 0.05) is 23.4 Å². The summed E-state index contributed by atoms with van der Waals surface area (Å²) in [5.74, 6) is -0.330. The van der Waals surface area contributed by atoms with Gasteiger partial charge in [-0.25, -0.2) is 0 Å². The van der Waals surface area contributed by atoms with Gasteiger partial charge in [0.15, 0.2) is 5.78 Å². The number of nitrogens with one attached hydrogen (secondary N) is 1. The van der Waals surface area contributed by atoms with E-state index in [9.17, 15) is 14.7 Å². The molecule has 0 aromatic heterocycles. The zero-order chi connectivity index (χ0) is 19.3. The molecule has 0 saturated heterocycles. The van der Waals surface area contributed by atoms with Crippen LogP contribution in [0.1, 0.15) is 46.8 Å². The Morgan fingerprint density at radius 2 is 1.69 bits per heavy atom. The first-order valence-electron chi connectivity index (χ1n) is 8.54. The van der Waals surface area contributed by atoms with E-state index in [0.29, 0.717) is 16.1 Å². The second-order valence-electron chi connectivity index (χ2n) is 6.78. The number of aryl methyl sites for hydroxylation is 2. The van der Waals surface area contributed by atoms with E-state index in [1.165, 1.54) is 0 Å². The topological polar surface area (TPSA) is 66.4 Å². The molecule has 2 rings (SSSR count). The third kappa shape index (κ3) is 5.41. The summed E-state index contributed by atoms with van der Waals surface area (Å²) in [6.45, 7) is 5.63. The lowest BCUT2D eigenvalue weighted by Gasteiger charge is -2.24. The van der Waals surface area contributed by atoms with Crippen LogP contribution in [0.15, 0.2) is 42.5 Å². The highest BCUT2D eigenvalue weighted by molar-refractivity contribution is 6.30. The van der Waals surface area contributed by atoms with Crippen LogP contribution in [0.25, 0.3) is 0 Å². The number of amides is 1. The van der Waals surface area contributed by atoms with Crippen LogP contribution in [0.5, 0.6) is 0 Å². The van der Waals surface area contributed by atoms with Crippen molar-refractivity contribution in [1.82, 2.24) is 5.32 Å². The molecule has 26 heavy (non-hydrogen) atoms. The Bertz CT molecular complexity index is 797. The van der Waals surface area contributed by atoms with Crippen LogP contribution in [0.3, 0.4) is 0 Å². The van der Waals surface area contributed by atoms with E-state index in [-0.39, 0.29) is 31.1 Å². The first-order valence-corrected chi connectivity index (χ1v) is 8.92. The van der Waals surface area contributed by atoms with Crippen molar-refractivity contribution < 1.29 is 14.7 Å². The minimum absolute atomic E-state index is 0.0608. The van der Waals surface area contributed by atoms with Crippen LogP contribution in [0.2, 0.25) is 5.02 Å². The number of ketones is 1. The van der Waals surface area contributed by atoms with Gasteiger partial charge in [-0.3, -0.25) is 9.59 Å². The molecule has 5 heteroatoms. The number of hydrogen-bond acceptors (Lipinski definition) is 3. The van der Waals surface area contributed by atoms with Crippen molar-refractivity contribution in [2.45, 2.75) is 39.2 Å². The molecule has 0 aliphatic carbocycles.